The number of carbonyl (C=O) groups is 5. The number of carboxylic acid groups (broad SMARTS) is 1. The molecule has 5 aromatic rings. The Kier molecular flexibility index (Phi) is 13.1. The number of ether oxygens (including phenoxy) is 2. The van der Waals surface area contributed by atoms with Crippen molar-refractivity contribution in [3.05, 3.63) is 142 Å². The predicted octanol–water partition coefficient (Wildman–Crippen LogP) is 4.11. The van der Waals surface area contributed by atoms with E-state index in [0.29, 0.717) is 16.9 Å². The minimum Gasteiger partial charge on any atom is -0.497 e. The van der Waals surface area contributed by atoms with E-state index in [1.54, 1.807) is 55.6 Å². The third-order valence-corrected chi connectivity index (χ3v) is 10.2. The van der Waals surface area contributed by atoms with Crippen LogP contribution in [0.4, 0.5) is 0 Å². The van der Waals surface area contributed by atoms with E-state index in [1.165, 1.54) is 11.3 Å². The van der Waals surface area contributed by atoms with Gasteiger partial charge in [-0.2, -0.15) is 0 Å². The van der Waals surface area contributed by atoms with Crippen LogP contribution in [0.15, 0.2) is 121 Å². The lowest BCUT2D eigenvalue weighted by molar-refractivity contribution is -0.142. The number of carbonyl (C=O) groups excluding carboxylic acids is 4. The lowest BCUT2D eigenvalue weighted by Gasteiger charge is -2.26. The number of carboxylic acids is 1. The van der Waals surface area contributed by atoms with Crippen LogP contribution in [-0.4, -0.2) is 72.6 Å². The highest BCUT2D eigenvalue weighted by Crippen LogP contribution is 2.23. The van der Waals surface area contributed by atoms with Gasteiger partial charge < -0.3 is 35.8 Å². The van der Waals surface area contributed by atoms with Crippen molar-refractivity contribution < 1.29 is 38.6 Å². The molecule has 0 spiro atoms. The monoisotopic (exact) mass is 774 g/mol. The lowest BCUT2D eigenvalue weighted by Crippen LogP contribution is -2.59. The first-order valence-corrected chi connectivity index (χ1v) is 19.0. The number of fused-ring (bicyclic) bond motifs is 16. The van der Waals surface area contributed by atoms with Crippen molar-refractivity contribution in [2.24, 2.45) is 0 Å². The first-order chi connectivity index (χ1) is 27.1. The highest BCUT2D eigenvalue weighted by Gasteiger charge is 2.32. The van der Waals surface area contributed by atoms with E-state index in [2.05, 4.69) is 21.3 Å². The second-order valence-electron chi connectivity index (χ2n) is 13.4. The summed E-state index contributed by atoms with van der Waals surface area (Å²) >= 11 is 1.42. The van der Waals surface area contributed by atoms with Crippen molar-refractivity contribution in [2.45, 2.75) is 49.9 Å². The van der Waals surface area contributed by atoms with Crippen molar-refractivity contribution in [3.63, 3.8) is 0 Å². The van der Waals surface area contributed by atoms with Crippen LogP contribution in [0.3, 0.4) is 0 Å². The Morgan fingerprint density at radius 2 is 1.25 bits per heavy atom. The van der Waals surface area contributed by atoms with Crippen molar-refractivity contribution in [3.8, 4) is 22.6 Å². The van der Waals surface area contributed by atoms with Crippen LogP contribution < -0.4 is 30.7 Å². The van der Waals surface area contributed by atoms with Gasteiger partial charge in [0.2, 0.25) is 17.7 Å². The van der Waals surface area contributed by atoms with Gasteiger partial charge in [0.1, 0.15) is 35.7 Å². The number of thiophene rings is 1. The minimum absolute atomic E-state index is 0.0364. The number of amides is 4. The molecule has 0 aliphatic carbocycles. The molecule has 288 valence electrons. The van der Waals surface area contributed by atoms with Gasteiger partial charge in [0.25, 0.3) is 5.91 Å². The Labute approximate surface area is 328 Å². The maximum absolute atomic E-state index is 14.3. The molecule has 2 bridgehead atoms. The number of rotatable bonds is 9. The molecule has 4 aromatic carbocycles. The van der Waals surface area contributed by atoms with Gasteiger partial charge in [0, 0.05) is 30.6 Å². The van der Waals surface area contributed by atoms with Crippen molar-refractivity contribution in [2.75, 3.05) is 13.7 Å². The second kappa shape index (κ2) is 18.7. The molecule has 0 radical (unpaired) electrons. The topological polar surface area (TPSA) is 172 Å². The van der Waals surface area contributed by atoms with E-state index in [0.717, 1.165) is 27.3 Å². The molecule has 0 saturated carbocycles. The zero-order chi connectivity index (χ0) is 39.4. The summed E-state index contributed by atoms with van der Waals surface area (Å²) in [7, 11) is 1.60. The van der Waals surface area contributed by atoms with Gasteiger partial charge >= 0.3 is 5.97 Å². The third-order valence-electron chi connectivity index (χ3n) is 9.35. The van der Waals surface area contributed by atoms with E-state index in [1.807, 2.05) is 72.1 Å². The fraction of sp³-hybridized carbons (Fsp3) is 0.233. The summed E-state index contributed by atoms with van der Waals surface area (Å²) in [6, 6.07) is 29.5. The van der Waals surface area contributed by atoms with E-state index in [4.69, 9.17) is 9.47 Å². The van der Waals surface area contributed by atoms with Gasteiger partial charge in [-0.05, 0) is 63.5 Å². The van der Waals surface area contributed by atoms with Gasteiger partial charge in [-0.25, -0.2) is 4.79 Å². The van der Waals surface area contributed by atoms with Crippen LogP contribution in [0, 0.1) is 0 Å². The van der Waals surface area contributed by atoms with E-state index in [-0.39, 0.29) is 25.7 Å². The molecule has 56 heavy (non-hydrogen) atoms. The van der Waals surface area contributed by atoms with Gasteiger partial charge in [0.05, 0.1) is 7.11 Å². The summed E-state index contributed by atoms with van der Waals surface area (Å²) in [6.45, 7) is -0.396. The van der Waals surface area contributed by atoms with Gasteiger partial charge in [-0.1, -0.05) is 84.9 Å². The Bertz CT molecular complexity index is 2110. The molecule has 2 aliphatic rings. The molecule has 12 nitrogen and oxygen atoms in total. The zero-order valence-corrected chi connectivity index (χ0v) is 31.4. The van der Waals surface area contributed by atoms with Crippen molar-refractivity contribution in [1.82, 2.24) is 21.3 Å². The quantitative estimate of drug-likeness (QED) is 0.139. The van der Waals surface area contributed by atoms with Crippen LogP contribution in [0.25, 0.3) is 11.1 Å². The van der Waals surface area contributed by atoms with Crippen molar-refractivity contribution >= 4 is 40.9 Å². The molecule has 0 fully saturated rings. The van der Waals surface area contributed by atoms with Crippen LogP contribution in [0.2, 0.25) is 0 Å². The first-order valence-electron chi connectivity index (χ1n) is 18.1. The summed E-state index contributed by atoms with van der Waals surface area (Å²) in [5.41, 5.74) is 3.92. The number of methoxy groups -OCH3 is 1. The summed E-state index contributed by atoms with van der Waals surface area (Å²) in [6.07, 6.45) is 0.188. The number of nitrogens with one attached hydrogen (secondary N) is 4. The molecule has 3 heterocycles. The average Bonchev–Trinajstić information content (AvgIpc) is 3.73. The van der Waals surface area contributed by atoms with Gasteiger partial charge in [-0.15, -0.1) is 11.3 Å². The summed E-state index contributed by atoms with van der Waals surface area (Å²) in [5.74, 6) is -2.71. The molecule has 4 amide bonds. The summed E-state index contributed by atoms with van der Waals surface area (Å²) in [4.78, 5) is 68.8. The zero-order valence-electron chi connectivity index (χ0n) is 30.6. The van der Waals surface area contributed by atoms with Crippen LogP contribution >= 0.6 is 11.3 Å². The molecule has 7 rings (SSSR count). The van der Waals surface area contributed by atoms with Crippen LogP contribution in [0.5, 0.6) is 11.5 Å². The van der Waals surface area contributed by atoms with E-state index >= 15 is 0 Å². The molecular weight excluding hydrogens is 733 g/mol. The smallest absolute Gasteiger partial charge is 0.326 e. The van der Waals surface area contributed by atoms with E-state index < -0.39 is 60.4 Å². The Hall–Kier alpha value is -6.47. The number of aliphatic carboxylic acids is 1. The van der Waals surface area contributed by atoms with Crippen molar-refractivity contribution in [1.29, 1.82) is 0 Å². The maximum Gasteiger partial charge on any atom is 0.326 e. The summed E-state index contributed by atoms with van der Waals surface area (Å²) in [5, 5.41) is 23.0. The lowest BCUT2D eigenvalue weighted by atomic mass is 9.99. The Morgan fingerprint density at radius 3 is 1.82 bits per heavy atom. The number of hydrogen-bond donors (Lipinski definition) is 5. The first kappa shape index (κ1) is 39.2. The molecule has 4 unspecified atom stereocenters. The average molecular weight is 775 g/mol. The molecule has 0 saturated heterocycles. The third kappa shape index (κ3) is 10.8. The second-order valence-corrected chi connectivity index (χ2v) is 14.4. The fourth-order valence-electron chi connectivity index (χ4n) is 6.32. The van der Waals surface area contributed by atoms with Crippen LogP contribution in [0.1, 0.15) is 21.6 Å². The number of hydrogen-bond acceptors (Lipinski definition) is 8. The maximum atomic E-state index is 14.3. The minimum atomic E-state index is -1.32. The molecule has 1 aromatic heterocycles. The highest BCUT2D eigenvalue weighted by molar-refractivity contribution is 7.09. The molecule has 5 N–H and O–H groups in total. The van der Waals surface area contributed by atoms with Gasteiger partial charge in [0.15, 0.2) is 6.61 Å². The normalized spacial score (nSPS) is 19.5. The van der Waals surface area contributed by atoms with Crippen LogP contribution in [-0.2, 0) is 49.7 Å². The Balaban J connectivity index is 1.33. The summed E-state index contributed by atoms with van der Waals surface area (Å²) < 4.78 is 11.0. The van der Waals surface area contributed by atoms with Gasteiger partial charge in [-0.3, -0.25) is 19.2 Å². The number of benzene rings is 4. The Morgan fingerprint density at radius 1 is 0.679 bits per heavy atom. The highest BCUT2D eigenvalue weighted by atomic mass is 32.1. The predicted molar refractivity (Wildman–Crippen MR) is 211 cm³/mol. The molecule has 4 atom stereocenters. The largest absolute Gasteiger partial charge is 0.497 e. The molecular formula is C43H42N4O8S. The fourth-order valence-corrected chi connectivity index (χ4v) is 7.07. The standard InChI is InChI=1S/C43H42N4O8S/c1-54-32-19-15-31(16-20-32)30-13-9-28(10-14-30)23-36-40(49)45-35(22-27-6-3-2-4-7-27)41(50)47-38(43(52)53)24-29-11-17-33(18-12-29)55-26-39(48)44-37(42(51)46-36)25-34-8-5-21-56-34/h2-21,35-38H,22-26H2,1H3,(H,44,48)(H,45,49)(H,46,51)(H,47,50)(H,52,53). The molecule has 13 heteroatoms. The SMILES string of the molecule is COc1ccc(-c2ccc(CC3NC(=O)C(Cc4cccs4)NC(=O)COc4ccc(cc4)CC(C(=O)O)NC(=O)C(Cc4ccccc4)NC3=O)cc2)cc1. The molecule has 2 aliphatic heterocycles. The van der Waals surface area contributed by atoms with E-state index in [9.17, 15) is 29.1 Å².